The molecule has 0 spiro atoms. The van der Waals surface area contributed by atoms with Gasteiger partial charge < -0.3 is 0 Å². The van der Waals surface area contributed by atoms with Gasteiger partial charge >= 0.3 is 0 Å². The number of thiol groups is 1. The lowest BCUT2D eigenvalue weighted by Gasteiger charge is -2.14. The molecular weight excluding hydrogens is 234 g/mol. The molecule has 0 amide bonds. The van der Waals surface area contributed by atoms with Crippen LogP contribution >= 0.6 is 0 Å². The second-order valence-corrected chi connectivity index (χ2v) is 8.67. The average Bonchev–Trinajstić information content (AvgIpc) is 2.00. The monoisotopic (exact) mass is 249 g/mol. The highest BCUT2D eigenvalue weighted by Gasteiger charge is 2.17. The van der Waals surface area contributed by atoms with Crippen LogP contribution in [0.3, 0.4) is 0 Å². The molecule has 4 nitrogen and oxygen atoms in total. The molecule has 0 unspecified atom stereocenters. The van der Waals surface area contributed by atoms with Gasteiger partial charge in [-0.1, -0.05) is 27.8 Å². The summed E-state index contributed by atoms with van der Waals surface area (Å²) in [5.41, 5.74) is 0.977. The van der Waals surface area contributed by atoms with Crippen molar-refractivity contribution in [1.29, 1.82) is 0 Å². The van der Waals surface area contributed by atoms with Crippen LogP contribution < -0.4 is 4.13 Å². The van der Waals surface area contributed by atoms with Gasteiger partial charge in [-0.2, -0.15) is 4.13 Å². The Hall–Kier alpha value is -0.720. The molecular formula is C9H15NO3S2. The van der Waals surface area contributed by atoms with Gasteiger partial charge in [0, 0.05) is 12.5 Å². The number of nitrogens with one attached hydrogen (secondary N) is 1. The van der Waals surface area contributed by atoms with Crippen molar-refractivity contribution < 1.29 is 12.6 Å². The van der Waals surface area contributed by atoms with Crippen LogP contribution in [0, 0.1) is 6.92 Å². The van der Waals surface area contributed by atoms with Crippen LogP contribution in [0.4, 0.5) is 0 Å². The first kappa shape index (κ1) is 12.4. The molecule has 15 heavy (non-hydrogen) atoms. The number of hydrogen-bond donors (Lipinski definition) is 2. The van der Waals surface area contributed by atoms with Crippen LogP contribution in [-0.4, -0.2) is 25.1 Å². The van der Waals surface area contributed by atoms with Crippen LogP contribution in [0.1, 0.15) is 5.56 Å². The van der Waals surface area contributed by atoms with Crippen molar-refractivity contribution in [3.8, 4) is 0 Å². The van der Waals surface area contributed by atoms with Gasteiger partial charge in [-0.25, -0.2) is 8.42 Å². The number of rotatable bonds is 3. The van der Waals surface area contributed by atoms with E-state index in [9.17, 15) is 12.6 Å². The predicted octanol–water partition coefficient (Wildman–Crippen LogP) is 0.465. The van der Waals surface area contributed by atoms with Crippen molar-refractivity contribution >= 4 is 20.1 Å². The Morgan fingerprint density at radius 2 is 1.60 bits per heavy atom. The van der Waals surface area contributed by atoms with E-state index in [2.05, 4.69) is 4.13 Å². The Balaban J connectivity index is 3.07. The lowest BCUT2D eigenvalue weighted by Crippen LogP contribution is -2.34. The Bertz CT molecular complexity index is 485. The van der Waals surface area contributed by atoms with Crippen LogP contribution in [-0.2, 0) is 20.1 Å². The summed E-state index contributed by atoms with van der Waals surface area (Å²) in [5, 5.41) is 0. The van der Waals surface area contributed by atoms with E-state index < -0.39 is 20.1 Å². The van der Waals surface area contributed by atoms with Gasteiger partial charge in [0.2, 0.25) is 10.0 Å². The number of benzene rings is 1. The zero-order valence-electron chi connectivity index (χ0n) is 8.89. The standard InChI is InChI=1S/C9H15NO3S2/c1-8-4-6-9(7-5-8)15(12,13)10-14(2,3)11/h4-7,14H,1-3H3,(H,10,11). The Morgan fingerprint density at radius 3 is 2.00 bits per heavy atom. The molecule has 1 aromatic carbocycles. The van der Waals surface area contributed by atoms with Crippen LogP contribution in [0.5, 0.6) is 0 Å². The minimum absolute atomic E-state index is 0.136. The number of hydrogen-bond acceptors (Lipinski definition) is 3. The molecule has 86 valence electrons. The first-order chi connectivity index (χ1) is 6.71. The molecule has 0 aromatic heterocycles. The molecule has 0 aliphatic carbocycles. The second kappa shape index (κ2) is 4.03. The van der Waals surface area contributed by atoms with Gasteiger partial charge in [-0.3, -0.25) is 4.21 Å². The Morgan fingerprint density at radius 1 is 1.13 bits per heavy atom. The zero-order chi connectivity index (χ0) is 11.7. The van der Waals surface area contributed by atoms with E-state index in [0.717, 1.165) is 5.56 Å². The minimum atomic E-state index is -3.65. The lowest BCUT2D eigenvalue weighted by atomic mass is 10.2. The summed E-state index contributed by atoms with van der Waals surface area (Å²) in [7, 11) is -6.45. The maximum absolute atomic E-state index is 11.7. The van der Waals surface area contributed by atoms with E-state index >= 15 is 0 Å². The third kappa shape index (κ3) is 3.73. The molecule has 0 saturated heterocycles. The summed E-state index contributed by atoms with van der Waals surface area (Å²) >= 11 is 0. The quantitative estimate of drug-likeness (QED) is 0.765. The maximum Gasteiger partial charge on any atom is 0.250 e. The number of sulfonamides is 1. The smallest absolute Gasteiger partial charge is 0.250 e. The summed E-state index contributed by atoms with van der Waals surface area (Å²) in [5.74, 6) is 0. The molecule has 0 fully saturated rings. The highest BCUT2D eigenvalue weighted by Crippen LogP contribution is 2.11. The van der Waals surface area contributed by atoms with Gasteiger partial charge in [-0.05, 0) is 19.1 Å². The molecule has 0 atom stereocenters. The zero-order valence-corrected chi connectivity index (χ0v) is 10.6. The molecule has 0 bridgehead atoms. The highest BCUT2D eigenvalue weighted by molar-refractivity contribution is 8.10. The minimum Gasteiger partial charge on any atom is -0.271 e. The van der Waals surface area contributed by atoms with Crippen LogP contribution in [0.15, 0.2) is 29.2 Å². The predicted molar refractivity (Wildman–Crippen MR) is 62.9 cm³/mol. The molecule has 0 aliphatic heterocycles. The maximum atomic E-state index is 11.7. The third-order valence-electron chi connectivity index (χ3n) is 1.67. The fourth-order valence-electron chi connectivity index (χ4n) is 1.06. The van der Waals surface area contributed by atoms with Gasteiger partial charge in [0.05, 0.1) is 4.90 Å². The Kier molecular flexibility index (Phi) is 3.32. The summed E-state index contributed by atoms with van der Waals surface area (Å²) in [6.07, 6.45) is 2.75. The molecule has 6 heteroatoms. The molecule has 0 heterocycles. The third-order valence-corrected chi connectivity index (χ3v) is 5.28. The largest absolute Gasteiger partial charge is 0.271 e. The second-order valence-electron chi connectivity index (χ2n) is 3.76. The van der Waals surface area contributed by atoms with E-state index in [1.165, 1.54) is 24.6 Å². The van der Waals surface area contributed by atoms with Crippen LogP contribution in [0.25, 0.3) is 0 Å². The van der Waals surface area contributed by atoms with Crippen molar-refractivity contribution in [3.05, 3.63) is 29.8 Å². The van der Waals surface area contributed by atoms with E-state index in [1.54, 1.807) is 12.1 Å². The van der Waals surface area contributed by atoms with Crippen molar-refractivity contribution in [3.63, 3.8) is 0 Å². The van der Waals surface area contributed by atoms with Gasteiger partial charge in [0.25, 0.3) is 0 Å². The van der Waals surface area contributed by atoms with Crippen molar-refractivity contribution in [2.45, 2.75) is 11.8 Å². The topological polar surface area (TPSA) is 63.2 Å². The van der Waals surface area contributed by atoms with Crippen molar-refractivity contribution in [2.24, 2.45) is 0 Å². The summed E-state index contributed by atoms with van der Waals surface area (Å²) in [6.45, 7) is 1.87. The van der Waals surface area contributed by atoms with E-state index in [4.69, 9.17) is 0 Å². The fourth-order valence-corrected chi connectivity index (χ4v) is 4.29. The molecule has 0 radical (unpaired) electrons. The SMILES string of the molecule is Cc1ccc(S(=O)(=O)N[SH](C)(C)=O)cc1. The first-order valence-corrected chi connectivity index (χ1v) is 8.45. The molecule has 1 N–H and O–H groups in total. The highest BCUT2D eigenvalue weighted by atomic mass is 32.3. The lowest BCUT2D eigenvalue weighted by molar-refractivity contribution is 0.592. The molecule has 1 aromatic rings. The number of aryl methyl sites for hydroxylation is 1. The van der Waals surface area contributed by atoms with E-state index in [-0.39, 0.29) is 4.90 Å². The van der Waals surface area contributed by atoms with E-state index in [1.807, 2.05) is 6.92 Å². The summed E-state index contributed by atoms with van der Waals surface area (Å²) in [4.78, 5) is 0.136. The first-order valence-electron chi connectivity index (χ1n) is 4.36. The van der Waals surface area contributed by atoms with Gasteiger partial charge in [0.1, 0.15) is 0 Å². The van der Waals surface area contributed by atoms with Gasteiger partial charge in [-0.15, -0.1) is 0 Å². The molecule has 1 rings (SSSR count). The molecule has 0 aliphatic rings. The normalized spacial score (nSPS) is 13.8. The summed E-state index contributed by atoms with van der Waals surface area (Å²) in [6, 6.07) is 6.39. The van der Waals surface area contributed by atoms with E-state index in [0.29, 0.717) is 0 Å². The Labute approximate surface area is 91.3 Å². The molecule has 0 saturated carbocycles. The van der Waals surface area contributed by atoms with Gasteiger partial charge in [0.15, 0.2) is 0 Å². The van der Waals surface area contributed by atoms with Crippen molar-refractivity contribution in [1.82, 2.24) is 4.13 Å². The summed E-state index contributed by atoms with van der Waals surface area (Å²) < 4.78 is 36.9. The van der Waals surface area contributed by atoms with Crippen molar-refractivity contribution in [2.75, 3.05) is 12.5 Å². The average molecular weight is 249 g/mol. The fraction of sp³-hybridized carbons (Fsp3) is 0.333. The van der Waals surface area contributed by atoms with Crippen LogP contribution in [0.2, 0.25) is 0 Å².